The normalized spacial score (nSPS) is 17.6. The second kappa shape index (κ2) is 17.7. The van der Waals surface area contributed by atoms with E-state index in [4.69, 9.17) is 47.0 Å². The highest BCUT2D eigenvalue weighted by atomic mass is 35.5. The number of piperazine rings is 1. The van der Waals surface area contributed by atoms with Crippen molar-refractivity contribution in [2.75, 3.05) is 46.4 Å². The number of aliphatic imine (C=N–C) groups is 1. The predicted octanol–water partition coefficient (Wildman–Crippen LogP) is 7.67. The summed E-state index contributed by atoms with van der Waals surface area (Å²) < 4.78 is 23.8. The Bertz CT molecular complexity index is 2320. The van der Waals surface area contributed by atoms with Crippen LogP contribution < -0.4 is 29.6 Å². The maximum Gasteiger partial charge on any atom is 0.632 e. The minimum atomic E-state index is -0.550. The van der Waals surface area contributed by atoms with Crippen molar-refractivity contribution in [3.8, 4) is 23.0 Å². The fraction of sp³-hybridized carbons (Fsp3) is 0.267. The Kier molecular flexibility index (Phi) is 12.0. The first-order valence-corrected chi connectivity index (χ1v) is 20.5. The number of ether oxygens (including phenoxy) is 2. The van der Waals surface area contributed by atoms with Crippen LogP contribution in [0.2, 0.25) is 10.0 Å². The summed E-state index contributed by atoms with van der Waals surface area (Å²) in [5.74, 6) is 2.63. The molecule has 0 spiro atoms. The molecule has 59 heavy (non-hydrogen) atoms. The number of hydrogen-bond acceptors (Lipinski definition) is 8. The summed E-state index contributed by atoms with van der Waals surface area (Å²) in [6, 6.07) is 34.5. The molecule has 3 aliphatic heterocycles. The molecule has 8 rings (SSSR count). The van der Waals surface area contributed by atoms with Crippen LogP contribution in [0.5, 0.6) is 23.0 Å². The largest absolute Gasteiger partial charge is 0.632 e. The molecule has 302 valence electrons. The number of urea groups is 1. The monoisotopic (exact) mass is 831 g/mol. The van der Waals surface area contributed by atoms with Gasteiger partial charge < -0.3 is 29.0 Å². The van der Waals surface area contributed by atoms with Crippen LogP contribution in [-0.4, -0.2) is 92.1 Å². The van der Waals surface area contributed by atoms with Crippen molar-refractivity contribution in [3.05, 3.63) is 148 Å². The molecule has 11 nitrogen and oxygen atoms in total. The molecule has 1 fully saturated rings. The van der Waals surface area contributed by atoms with E-state index in [0.29, 0.717) is 89.3 Å². The summed E-state index contributed by atoms with van der Waals surface area (Å²) in [5, 5.41) is 4.24. The molecule has 0 unspecified atom stereocenters. The van der Waals surface area contributed by atoms with Gasteiger partial charge >= 0.3 is 13.1 Å². The maximum absolute atomic E-state index is 15.0. The van der Waals surface area contributed by atoms with Gasteiger partial charge in [0, 0.05) is 66.4 Å². The van der Waals surface area contributed by atoms with Crippen LogP contribution in [0.25, 0.3) is 0 Å². The number of halogens is 2. The SMILES string of the molecule is COc1ccc(C2=N[C@@H](c3ccc(Cl)cc3)[C@@H](c3ccc(Cl)cc3)N2C(=O)N2CCN(CCNC(=O)c3ccc4c(c3)OB(c3ccccc3)O4)CC2)c(OC(C)C)c1. The molecule has 3 amide bonds. The molecule has 1 saturated heterocycles. The fourth-order valence-corrected chi connectivity index (χ4v) is 7.86. The maximum atomic E-state index is 15.0. The number of benzene rings is 5. The first kappa shape index (κ1) is 40.1. The van der Waals surface area contributed by atoms with Gasteiger partial charge in [-0.25, -0.2) is 4.79 Å². The van der Waals surface area contributed by atoms with Gasteiger partial charge in [0.1, 0.15) is 34.9 Å². The fourth-order valence-electron chi connectivity index (χ4n) is 7.60. The molecule has 5 aromatic carbocycles. The van der Waals surface area contributed by atoms with Crippen LogP contribution >= 0.6 is 23.2 Å². The Morgan fingerprint density at radius 2 is 1.51 bits per heavy atom. The highest BCUT2D eigenvalue weighted by Gasteiger charge is 2.45. The van der Waals surface area contributed by atoms with Crippen molar-refractivity contribution in [1.82, 2.24) is 20.0 Å². The number of rotatable bonds is 11. The third-order valence-corrected chi connectivity index (χ3v) is 11.1. The van der Waals surface area contributed by atoms with Crippen molar-refractivity contribution >= 4 is 53.6 Å². The number of carbonyl (C=O) groups excluding carboxylic acids is 2. The molecule has 1 N–H and O–H groups in total. The van der Waals surface area contributed by atoms with E-state index in [0.717, 1.165) is 16.6 Å². The van der Waals surface area contributed by atoms with Gasteiger partial charge in [-0.15, -0.1) is 0 Å². The van der Waals surface area contributed by atoms with Gasteiger partial charge in [-0.1, -0.05) is 77.8 Å². The third-order valence-electron chi connectivity index (χ3n) is 10.6. The van der Waals surface area contributed by atoms with Crippen LogP contribution in [0.1, 0.15) is 53.0 Å². The van der Waals surface area contributed by atoms with Crippen LogP contribution in [0.4, 0.5) is 4.79 Å². The predicted molar refractivity (Wildman–Crippen MR) is 231 cm³/mol. The smallest absolute Gasteiger partial charge is 0.519 e. The average Bonchev–Trinajstić information content (AvgIpc) is 3.87. The number of fused-ring (bicyclic) bond motifs is 1. The van der Waals surface area contributed by atoms with Gasteiger partial charge in [0.15, 0.2) is 0 Å². The van der Waals surface area contributed by atoms with E-state index in [-0.39, 0.29) is 18.0 Å². The van der Waals surface area contributed by atoms with Crippen LogP contribution in [0.3, 0.4) is 0 Å². The molecule has 0 aliphatic carbocycles. The van der Waals surface area contributed by atoms with Crippen molar-refractivity contribution in [3.63, 3.8) is 0 Å². The lowest BCUT2D eigenvalue weighted by Crippen LogP contribution is -2.54. The summed E-state index contributed by atoms with van der Waals surface area (Å²) in [7, 11) is 1.06. The molecular weight excluding hydrogens is 788 g/mol. The van der Waals surface area contributed by atoms with Gasteiger partial charge in [0.05, 0.1) is 24.8 Å². The number of methoxy groups -OCH3 is 1. The lowest BCUT2D eigenvalue weighted by Gasteiger charge is -2.39. The van der Waals surface area contributed by atoms with E-state index >= 15 is 4.79 Å². The van der Waals surface area contributed by atoms with E-state index in [1.165, 1.54) is 0 Å². The Morgan fingerprint density at radius 1 is 0.831 bits per heavy atom. The third kappa shape index (κ3) is 8.85. The van der Waals surface area contributed by atoms with E-state index in [1.54, 1.807) is 30.2 Å². The second-order valence-corrected chi connectivity index (χ2v) is 15.7. The zero-order valence-electron chi connectivity index (χ0n) is 33.0. The number of hydrogen-bond donors (Lipinski definition) is 1. The first-order chi connectivity index (χ1) is 28.6. The Morgan fingerprint density at radius 3 is 2.19 bits per heavy atom. The first-order valence-electron chi connectivity index (χ1n) is 19.7. The highest BCUT2D eigenvalue weighted by molar-refractivity contribution is 6.63. The molecule has 5 aromatic rings. The Hall–Kier alpha value is -5.69. The molecule has 0 radical (unpaired) electrons. The molecule has 14 heteroatoms. The average molecular weight is 833 g/mol. The summed E-state index contributed by atoms with van der Waals surface area (Å²) >= 11 is 12.7. The van der Waals surface area contributed by atoms with Crippen LogP contribution in [0, 0.1) is 0 Å². The summed E-state index contributed by atoms with van der Waals surface area (Å²) in [6.07, 6.45) is -0.145. The number of amidine groups is 1. The van der Waals surface area contributed by atoms with Crippen molar-refractivity contribution < 1.29 is 28.4 Å². The Balaban J connectivity index is 0.978. The molecular formula is C45H44BCl2N5O6. The minimum Gasteiger partial charge on any atom is -0.519 e. The van der Waals surface area contributed by atoms with Gasteiger partial charge in [0.25, 0.3) is 5.91 Å². The van der Waals surface area contributed by atoms with Crippen LogP contribution in [0.15, 0.2) is 120 Å². The summed E-state index contributed by atoms with van der Waals surface area (Å²) in [6.45, 7) is 7.20. The van der Waals surface area contributed by atoms with Gasteiger partial charge in [0.2, 0.25) is 0 Å². The van der Waals surface area contributed by atoms with Gasteiger partial charge in [-0.2, -0.15) is 0 Å². The molecule has 3 aliphatic rings. The second-order valence-electron chi connectivity index (χ2n) is 14.9. The van der Waals surface area contributed by atoms with E-state index < -0.39 is 19.2 Å². The molecule has 0 saturated carbocycles. The van der Waals surface area contributed by atoms with Crippen molar-refractivity contribution in [1.29, 1.82) is 0 Å². The molecule has 3 heterocycles. The standard InChI is InChI=1S/C45H44BCl2N5O6/c1-29(2)57-39-28-36(56-3)18-19-37(39)43-50-41(30-9-14-34(47)15-10-30)42(31-11-16-35(48)17-12-31)53(43)45(55)52-25-23-51(24-26-52)22-21-49-44(54)32-13-20-38-40(27-32)59-46(58-38)33-7-5-4-6-8-33/h4-20,27-29,41-42H,21-26H2,1-3H3,(H,49,54)/t41-,42+/m0/s1. The zero-order chi connectivity index (χ0) is 41.0. The van der Waals surface area contributed by atoms with E-state index in [1.807, 2.05) is 116 Å². The summed E-state index contributed by atoms with van der Waals surface area (Å²) in [5.41, 5.74) is 3.86. The number of amides is 3. The van der Waals surface area contributed by atoms with Gasteiger partial charge in [-0.3, -0.25) is 19.6 Å². The topological polar surface area (TPSA) is 105 Å². The lowest BCUT2D eigenvalue weighted by atomic mass is 9.79. The highest BCUT2D eigenvalue weighted by Crippen LogP contribution is 2.46. The van der Waals surface area contributed by atoms with E-state index in [9.17, 15) is 4.79 Å². The molecule has 2 atom stereocenters. The zero-order valence-corrected chi connectivity index (χ0v) is 34.5. The number of nitrogens with zero attached hydrogens (tertiary/aromatic N) is 4. The number of carbonyl (C=O) groups is 2. The van der Waals surface area contributed by atoms with Gasteiger partial charge in [-0.05, 0) is 79.6 Å². The number of nitrogens with one attached hydrogen (secondary N) is 1. The van der Waals surface area contributed by atoms with Crippen molar-refractivity contribution in [2.45, 2.75) is 32.0 Å². The molecule has 0 aromatic heterocycles. The van der Waals surface area contributed by atoms with Crippen molar-refractivity contribution in [2.24, 2.45) is 4.99 Å². The minimum absolute atomic E-state index is 0.145. The summed E-state index contributed by atoms with van der Waals surface area (Å²) in [4.78, 5) is 39.5. The Labute approximate surface area is 354 Å². The van der Waals surface area contributed by atoms with Crippen LogP contribution in [-0.2, 0) is 0 Å². The van der Waals surface area contributed by atoms with E-state index in [2.05, 4.69) is 10.2 Å². The quantitative estimate of drug-likeness (QED) is 0.136. The molecule has 0 bridgehead atoms. The lowest BCUT2D eigenvalue weighted by molar-refractivity contribution is 0.0938.